The van der Waals surface area contributed by atoms with Gasteiger partial charge in [-0.05, 0) is 25.0 Å². The van der Waals surface area contributed by atoms with E-state index in [1.807, 2.05) is 39.0 Å². The van der Waals surface area contributed by atoms with E-state index in [1.54, 1.807) is 0 Å². The minimum atomic E-state index is -0.955. The number of hydrogen-bond donors (Lipinski definition) is 2. The molecule has 0 fully saturated rings. The number of carboxylic acid groups (broad SMARTS) is 1. The van der Waals surface area contributed by atoms with Gasteiger partial charge in [-0.25, -0.2) is 0 Å². The molecule has 0 saturated heterocycles. The number of aliphatic carboxylic acids is 1. The first-order valence-corrected chi connectivity index (χ1v) is 4.99. The molecule has 3 heteroatoms. The number of benzene rings is 1. The van der Waals surface area contributed by atoms with Crippen molar-refractivity contribution in [2.24, 2.45) is 5.73 Å². The van der Waals surface area contributed by atoms with Crippen molar-refractivity contribution in [2.75, 3.05) is 0 Å². The van der Waals surface area contributed by atoms with E-state index >= 15 is 0 Å². The molecule has 1 rings (SSSR count). The Bertz CT molecular complexity index is 374. The zero-order valence-electron chi connectivity index (χ0n) is 9.32. The minimum Gasteiger partial charge on any atom is -0.480 e. The zero-order chi connectivity index (χ0) is 11.6. The normalized spacial score (nSPS) is 14.7. The van der Waals surface area contributed by atoms with Gasteiger partial charge in [0.05, 0.1) is 0 Å². The highest BCUT2D eigenvalue weighted by Gasteiger charge is 2.22. The third kappa shape index (κ3) is 2.57. The molecule has 15 heavy (non-hydrogen) atoms. The van der Waals surface area contributed by atoms with E-state index in [0.29, 0.717) is 0 Å². The van der Waals surface area contributed by atoms with E-state index in [4.69, 9.17) is 10.8 Å². The Balaban J connectivity index is 3.04. The lowest BCUT2D eigenvalue weighted by Crippen LogP contribution is -2.35. The highest BCUT2D eigenvalue weighted by molar-refractivity contribution is 5.74. The van der Waals surface area contributed by atoms with Crippen molar-refractivity contribution in [2.45, 2.75) is 32.7 Å². The predicted octanol–water partition coefficient (Wildman–Crippen LogP) is 1.82. The van der Waals surface area contributed by atoms with Crippen molar-refractivity contribution >= 4 is 5.97 Å². The molecule has 0 aliphatic heterocycles. The minimum absolute atomic E-state index is 0.164. The molecule has 0 saturated carbocycles. The fraction of sp³-hybridized carbons (Fsp3) is 0.417. The fourth-order valence-electron chi connectivity index (χ4n) is 1.66. The summed E-state index contributed by atoms with van der Waals surface area (Å²) in [7, 11) is 0. The van der Waals surface area contributed by atoms with Crippen LogP contribution in [0.4, 0.5) is 0 Å². The Morgan fingerprint density at radius 2 is 2.00 bits per heavy atom. The Labute approximate surface area is 89.9 Å². The molecule has 82 valence electrons. The van der Waals surface area contributed by atoms with E-state index in [0.717, 1.165) is 16.7 Å². The Morgan fingerprint density at radius 3 is 2.53 bits per heavy atom. The molecule has 0 aliphatic rings. The van der Waals surface area contributed by atoms with Crippen LogP contribution in [0.3, 0.4) is 0 Å². The molecule has 1 aromatic rings. The van der Waals surface area contributed by atoms with Crippen LogP contribution in [0.2, 0.25) is 0 Å². The van der Waals surface area contributed by atoms with Crippen LogP contribution in [-0.4, -0.2) is 17.1 Å². The largest absolute Gasteiger partial charge is 0.480 e. The highest BCUT2D eigenvalue weighted by atomic mass is 16.4. The zero-order valence-corrected chi connectivity index (χ0v) is 9.32. The molecule has 0 radical (unpaired) electrons. The van der Waals surface area contributed by atoms with Gasteiger partial charge in [0, 0.05) is 5.92 Å². The quantitative estimate of drug-likeness (QED) is 0.794. The third-order valence-corrected chi connectivity index (χ3v) is 2.75. The predicted molar refractivity (Wildman–Crippen MR) is 59.9 cm³/mol. The summed E-state index contributed by atoms with van der Waals surface area (Å²) in [6, 6.07) is 5.17. The molecule has 3 nitrogen and oxygen atoms in total. The van der Waals surface area contributed by atoms with E-state index in [2.05, 4.69) is 0 Å². The Morgan fingerprint density at radius 1 is 1.40 bits per heavy atom. The van der Waals surface area contributed by atoms with Crippen LogP contribution in [0.1, 0.15) is 29.5 Å². The van der Waals surface area contributed by atoms with E-state index < -0.39 is 12.0 Å². The van der Waals surface area contributed by atoms with Gasteiger partial charge < -0.3 is 10.8 Å². The van der Waals surface area contributed by atoms with E-state index in [9.17, 15) is 4.79 Å². The monoisotopic (exact) mass is 207 g/mol. The number of hydrogen-bond acceptors (Lipinski definition) is 2. The van der Waals surface area contributed by atoms with Crippen molar-refractivity contribution in [3.63, 3.8) is 0 Å². The number of rotatable bonds is 3. The summed E-state index contributed by atoms with van der Waals surface area (Å²) >= 11 is 0. The summed E-state index contributed by atoms with van der Waals surface area (Å²) in [4.78, 5) is 10.8. The van der Waals surface area contributed by atoms with Gasteiger partial charge in [0.15, 0.2) is 0 Å². The van der Waals surface area contributed by atoms with E-state index in [-0.39, 0.29) is 5.92 Å². The van der Waals surface area contributed by atoms with Crippen LogP contribution in [-0.2, 0) is 4.79 Å². The van der Waals surface area contributed by atoms with Crippen molar-refractivity contribution in [3.8, 4) is 0 Å². The molecule has 1 aromatic carbocycles. The average Bonchev–Trinajstić information content (AvgIpc) is 2.19. The van der Waals surface area contributed by atoms with Gasteiger partial charge in [-0.3, -0.25) is 4.79 Å². The van der Waals surface area contributed by atoms with Gasteiger partial charge in [0.2, 0.25) is 0 Å². The standard InChI is InChI=1S/C12H17NO2/c1-7-4-5-8(2)10(6-7)9(3)11(13)12(14)15/h4-6,9,11H,13H2,1-3H3,(H,14,15). The second-order valence-corrected chi connectivity index (χ2v) is 4.01. The lowest BCUT2D eigenvalue weighted by molar-refractivity contribution is -0.139. The summed E-state index contributed by atoms with van der Waals surface area (Å²) in [5.74, 6) is -1.12. The van der Waals surface area contributed by atoms with Gasteiger partial charge in [0.25, 0.3) is 0 Å². The van der Waals surface area contributed by atoms with Gasteiger partial charge in [-0.15, -0.1) is 0 Å². The van der Waals surface area contributed by atoms with Gasteiger partial charge in [-0.1, -0.05) is 30.7 Å². The number of nitrogens with two attached hydrogens (primary N) is 1. The smallest absolute Gasteiger partial charge is 0.321 e. The number of carbonyl (C=O) groups is 1. The van der Waals surface area contributed by atoms with Gasteiger partial charge >= 0.3 is 5.97 Å². The maximum absolute atomic E-state index is 10.8. The van der Waals surface area contributed by atoms with Crippen LogP contribution < -0.4 is 5.73 Å². The summed E-state index contributed by atoms with van der Waals surface area (Å²) in [5, 5.41) is 8.85. The van der Waals surface area contributed by atoms with Gasteiger partial charge in [-0.2, -0.15) is 0 Å². The first kappa shape index (κ1) is 11.7. The summed E-state index contributed by atoms with van der Waals surface area (Å²) < 4.78 is 0. The lowest BCUT2D eigenvalue weighted by Gasteiger charge is -2.19. The molecular formula is C12H17NO2. The molecule has 3 N–H and O–H groups in total. The van der Waals surface area contributed by atoms with Crippen molar-refractivity contribution in [1.82, 2.24) is 0 Å². The van der Waals surface area contributed by atoms with Gasteiger partial charge in [0.1, 0.15) is 6.04 Å². The molecule has 0 spiro atoms. The van der Waals surface area contributed by atoms with Crippen LogP contribution in [0.15, 0.2) is 18.2 Å². The van der Waals surface area contributed by atoms with Crippen molar-refractivity contribution in [3.05, 3.63) is 34.9 Å². The molecule has 0 aromatic heterocycles. The number of carboxylic acids is 1. The fourth-order valence-corrected chi connectivity index (χ4v) is 1.66. The third-order valence-electron chi connectivity index (χ3n) is 2.75. The van der Waals surface area contributed by atoms with Crippen LogP contribution >= 0.6 is 0 Å². The van der Waals surface area contributed by atoms with Crippen LogP contribution in [0.5, 0.6) is 0 Å². The Kier molecular flexibility index (Phi) is 3.48. The van der Waals surface area contributed by atoms with Crippen LogP contribution in [0, 0.1) is 13.8 Å². The summed E-state index contributed by atoms with van der Waals surface area (Å²) in [5.41, 5.74) is 8.84. The summed E-state index contributed by atoms with van der Waals surface area (Å²) in [6.45, 7) is 5.81. The molecule has 2 atom stereocenters. The average molecular weight is 207 g/mol. The first-order valence-electron chi connectivity index (χ1n) is 4.99. The maximum atomic E-state index is 10.8. The lowest BCUT2D eigenvalue weighted by atomic mass is 9.89. The van der Waals surface area contributed by atoms with E-state index in [1.165, 1.54) is 0 Å². The second kappa shape index (κ2) is 4.45. The first-order chi connectivity index (χ1) is 6.93. The molecule has 0 heterocycles. The molecule has 2 unspecified atom stereocenters. The topological polar surface area (TPSA) is 63.3 Å². The van der Waals surface area contributed by atoms with Crippen LogP contribution in [0.25, 0.3) is 0 Å². The highest BCUT2D eigenvalue weighted by Crippen LogP contribution is 2.23. The summed E-state index contributed by atoms with van der Waals surface area (Å²) in [6.07, 6.45) is 0. The van der Waals surface area contributed by atoms with Crippen molar-refractivity contribution < 1.29 is 9.90 Å². The molecule has 0 aliphatic carbocycles. The van der Waals surface area contributed by atoms with Crippen molar-refractivity contribution in [1.29, 1.82) is 0 Å². The maximum Gasteiger partial charge on any atom is 0.321 e. The second-order valence-electron chi connectivity index (χ2n) is 4.01. The number of aryl methyl sites for hydroxylation is 2. The molecular weight excluding hydrogens is 190 g/mol. The molecule has 0 amide bonds. The SMILES string of the molecule is Cc1ccc(C)c(C(C)C(N)C(=O)O)c1. The molecule has 0 bridgehead atoms. The Hall–Kier alpha value is -1.35.